The molecule has 0 aromatic heterocycles. The van der Waals surface area contributed by atoms with Crippen molar-refractivity contribution in [3.8, 4) is 0 Å². The minimum atomic E-state index is -3.45. The monoisotopic (exact) mass is 321 g/mol. The summed E-state index contributed by atoms with van der Waals surface area (Å²) in [6.07, 6.45) is 3.66. The molecule has 126 valence electrons. The molecule has 1 aliphatic rings. The van der Waals surface area contributed by atoms with Crippen molar-refractivity contribution in [2.45, 2.75) is 64.6 Å². The van der Waals surface area contributed by atoms with E-state index in [0.717, 1.165) is 25.7 Å². The third kappa shape index (κ3) is 6.20. The molecule has 0 amide bonds. The number of nitrogens with zero attached hydrogens (tertiary/aromatic N) is 1. The van der Waals surface area contributed by atoms with Crippen LogP contribution in [-0.4, -0.2) is 57.7 Å². The van der Waals surface area contributed by atoms with Gasteiger partial charge in [0, 0.05) is 38.3 Å². The predicted octanol–water partition coefficient (Wildman–Crippen LogP) is 1.10. The molecule has 0 aromatic rings. The second kappa shape index (κ2) is 9.05. The average Bonchev–Trinajstić information content (AvgIpc) is 2.44. The first-order valence-electron chi connectivity index (χ1n) is 7.92. The largest absolute Gasteiger partial charge is 0.383 e. The predicted molar refractivity (Wildman–Crippen MR) is 85.5 cm³/mol. The fraction of sp³-hybridized carbons (Fsp3) is 1.00. The van der Waals surface area contributed by atoms with Crippen LogP contribution in [-0.2, 0) is 14.9 Å². The second-order valence-corrected chi connectivity index (χ2v) is 7.66. The quantitative estimate of drug-likeness (QED) is 0.667. The summed E-state index contributed by atoms with van der Waals surface area (Å²) in [6.45, 7) is 7.82. The summed E-state index contributed by atoms with van der Waals surface area (Å²) in [6, 6.07) is 0.237. The van der Waals surface area contributed by atoms with Gasteiger partial charge in [-0.1, -0.05) is 27.2 Å². The standard InChI is InChI=1S/C14H31N3O3S/c1-5-13(11-20-4)16-21(18,19)17-9-7-6-8-14(17)10-15-12(2)3/h12-16H,5-11H2,1-4H3. The summed E-state index contributed by atoms with van der Waals surface area (Å²) in [5.41, 5.74) is 0. The van der Waals surface area contributed by atoms with E-state index in [9.17, 15) is 8.42 Å². The number of ether oxygens (including phenoxy) is 1. The first-order chi connectivity index (χ1) is 9.90. The summed E-state index contributed by atoms with van der Waals surface area (Å²) in [4.78, 5) is 0. The highest BCUT2D eigenvalue weighted by Gasteiger charge is 2.33. The first kappa shape index (κ1) is 18.8. The van der Waals surface area contributed by atoms with E-state index in [2.05, 4.69) is 23.9 Å². The number of rotatable bonds is 9. The Morgan fingerprint density at radius 3 is 2.62 bits per heavy atom. The molecule has 1 fully saturated rings. The molecule has 2 N–H and O–H groups in total. The molecule has 21 heavy (non-hydrogen) atoms. The van der Waals surface area contributed by atoms with Crippen molar-refractivity contribution >= 4 is 10.2 Å². The number of hydrogen-bond donors (Lipinski definition) is 2. The first-order valence-corrected chi connectivity index (χ1v) is 9.36. The molecular formula is C14H31N3O3S. The lowest BCUT2D eigenvalue weighted by molar-refractivity contribution is 0.170. The van der Waals surface area contributed by atoms with Crippen LogP contribution in [0.25, 0.3) is 0 Å². The van der Waals surface area contributed by atoms with E-state index in [1.807, 2.05) is 6.92 Å². The van der Waals surface area contributed by atoms with Crippen LogP contribution in [0.1, 0.15) is 46.5 Å². The summed E-state index contributed by atoms with van der Waals surface area (Å²) < 4.78 is 34.7. The van der Waals surface area contributed by atoms with Crippen molar-refractivity contribution in [3.05, 3.63) is 0 Å². The van der Waals surface area contributed by atoms with Crippen LogP contribution < -0.4 is 10.0 Å². The van der Waals surface area contributed by atoms with E-state index in [-0.39, 0.29) is 12.1 Å². The lowest BCUT2D eigenvalue weighted by Gasteiger charge is -2.36. The van der Waals surface area contributed by atoms with Gasteiger partial charge in [-0.3, -0.25) is 0 Å². The molecular weight excluding hydrogens is 290 g/mol. The van der Waals surface area contributed by atoms with Crippen LogP contribution in [0.15, 0.2) is 0 Å². The minimum absolute atomic E-state index is 0.0405. The Labute approximate surface area is 129 Å². The van der Waals surface area contributed by atoms with E-state index in [1.54, 1.807) is 11.4 Å². The molecule has 0 aliphatic carbocycles. The van der Waals surface area contributed by atoms with Gasteiger partial charge in [0.2, 0.25) is 0 Å². The lowest BCUT2D eigenvalue weighted by Crippen LogP contribution is -2.55. The maximum Gasteiger partial charge on any atom is 0.280 e. The molecule has 2 unspecified atom stereocenters. The van der Waals surface area contributed by atoms with Crippen molar-refractivity contribution in [1.29, 1.82) is 0 Å². The van der Waals surface area contributed by atoms with Crippen molar-refractivity contribution in [1.82, 2.24) is 14.3 Å². The molecule has 0 saturated carbocycles. The fourth-order valence-corrected chi connectivity index (χ4v) is 4.31. The zero-order valence-electron chi connectivity index (χ0n) is 13.8. The minimum Gasteiger partial charge on any atom is -0.383 e. The maximum atomic E-state index is 12.6. The van der Waals surface area contributed by atoms with E-state index < -0.39 is 10.2 Å². The zero-order valence-corrected chi connectivity index (χ0v) is 14.6. The summed E-state index contributed by atoms with van der Waals surface area (Å²) in [7, 11) is -1.86. The van der Waals surface area contributed by atoms with Gasteiger partial charge in [-0.25, -0.2) is 0 Å². The fourth-order valence-electron chi connectivity index (χ4n) is 2.58. The molecule has 0 radical (unpaired) electrons. The highest BCUT2D eigenvalue weighted by molar-refractivity contribution is 7.87. The molecule has 1 aliphatic heterocycles. The van der Waals surface area contributed by atoms with E-state index >= 15 is 0 Å². The van der Waals surface area contributed by atoms with Gasteiger partial charge in [0.05, 0.1) is 6.61 Å². The van der Waals surface area contributed by atoms with Gasteiger partial charge in [-0.15, -0.1) is 0 Å². The van der Waals surface area contributed by atoms with Crippen molar-refractivity contribution in [3.63, 3.8) is 0 Å². The van der Waals surface area contributed by atoms with Crippen LogP contribution in [0.4, 0.5) is 0 Å². The molecule has 0 bridgehead atoms. The number of methoxy groups -OCH3 is 1. The number of piperidine rings is 1. The average molecular weight is 321 g/mol. The zero-order chi connectivity index (χ0) is 15.9. The normalized spacial score (nSPS) is 22.6. The van der Waals surface area contributed by atoms with Gasteiger partial charge in [0.1, 0.15) is 0 Å². The van der Waals surface area contributed by atoms with Gasteiger partial charge >= 0.3 is 0 Å². The summed E-state index contributed by atoms with van der Waals surface area (Å²) >= 11 is 0. The molecule has 1 rings (SSSR count). The highest BCUT2D eigenvalue weighted by Crippen LogP contribution is 2.20. The van der Waals surface area contributed by atoms with Gasteiger partial charge in [-0.2, -0.15) is 17.4 Å². The highest BCUT2D eigenvalue weighted by atomic mass is 32.2. The van der Waals surface area contributed by atoms with Crippen LogP contribution in [0.3, 0.4) is 0 Å². The molecule has 0 spiro atoms. The molecule has 1 saturated heterocycles. The van der Waals surface area contributed by atoms with Gasteiger partial charge in [0.15, 0.2) is 0 Å². The Balaban J connectivity index is 2.71. The van der Waals surface area contributed by atoms with Crippen molar-refractivity contribution in [2.24, 2.45) is 0 Å². The SMILES string of the molecule is CCC(COC)NS(=O)(=O)N1CCCCC1CNC(C)C. The topological polar surface area (TPSA) is 70.7 Å². The molecule has 6 nitrogen and oxygen atoms in total. The van der Waals surface area contributed by atoms with Gasteiger partial charge in [-0.05, 0) is 19.3 Å². The van der Waals surface area contributed by atoms with E-state index in [4.69, 9.17) is 4.74 Å². The third-order valence-corrected chi connectivity index (χ3v) is 5.55. The third-order valence-electron chi connectivity index (χ3n) is 3.82. The molecule has 0 aromatic carbocycles. The molecule has 7 heteroatoms. The number of hydrogen-bond acceptors (Lipinski definition) is 4. The van der Waals surface area contributed by atoms with Crippen LogP contribution in [0.5, 0.6) is 0 Å². The summed E-state index contributed by atoms with van der Waals surface area (Å²) in [5.74, 6) is 0. The molecule has 2 atom stereocenters. The number of nitrogens with one attached hydrogen (secondary N) is 2. The Hall–Kier alpha value is -0.210. The van der Waals surface area contributed by atoms with Gasteiger partial charge < -0.3 is 10.1 Å². The van der Waals surface area contributed by atoms with Crippen LogP contribution in [0, 0.1) is 0 Å². The van der Waals surface area contributed by atoms with Crippen LogP contribution in [0.2, 0.25) is 0 Å². The van der Waals surface area contributed by atoms with Gasteiger partial charge in [0.25, 0.3) is 10.2 Å². The lowest BCUT2D eigenvalue weighted by atomic mass is 10.0. The Bertz CT molecular complexity index is 387. The second-order valence-electron chi connectivity index (χ2n) is 6.01. The van der Waals surface area contributed by atoms with E-state index in [0.29, 0.717) is 25.7 Å². The van der Waals surface area contributed by atoms with Crippen molar-refractivity contribution < 1.29 is 13.2 Å². The van der Waals surface area contributed by atoms with Crippen molar-refractivity contribution in [2.75, 3.05) is 26.8 Å². The Kier molecular flexibility index (Phi) is 8.12. The smallest absolute Gasteiger partial charge is 0.280 e. The molecule has 1 heterocycles. The van der Waals surface area contributed by atoms with Crippen LogP contribution >= 0.6 is 0 Å². The Morgan fingerprint density at radius 1 is 1.33 bits per heavy atom. The van der Waals surface area contributed by atoms with E-state index in [1.165, 1.54) is 0 Å². The summed E-state index contributed by atoms with van der Waals surface area (Å²) in [5, 5.41) is 3.35. The Morgan fingerprint density at radius 2 is 2.05 bits per heavy atom. The maximum absolute atomic E-state index is 12.6.